The van der Waals surface area contributed by atoms with Crippen LogP contribution in [0.1, 0.15) is 12.5 Å². The molecule has 1 aromatic carbocycles. The maximum Gasteiger partial charge on any atom is 0.181 e. The van der Waals surface area contributed by atoms with Crippen LogP contribution < -0.4 is 0 Å². The molecule has 0 aliphatic carbocycles. The predicted octanol–water partition coefficient (Wildman–Crippen LogP) is 3.46. The van der Waals surface area contributed by atoms with Crippen LogP contribution in [0.15, 0.2) is 29.5 Å². The molecule has 0 heterocycles. The quantitative estimate of drug-likeness (QED) is 0.519. The average Bonchev–Trinajstić information content (AvgIpc) is 2.24. The molecule has 1 N–H and O–H groups in total. The zero-order valence-corrected chi connectivity index (χ0v) is 10.5. The maximum absolute atomic E-state index is 11.7. The standard InChI is InChI=1S/C12H9Cl2NO2/c1-7(16)9(6-15)12(17)5-8-10(13)3-2-4-11(8)14/h2-4,16H,5H2,1H3/b9-7-. The summed E-state index contributed by atoms with van der Waals surface area (Å²) in [5, 5.41) is 18.6. The number of halogens is 2. The molecule has 0 fully saturated rings. The van der Waals surface area contributed by atoms with Crippen molar-refractivity contribution in [1.82, 2.24) is 0 Å². The minimum Gasteiger partial charge on any atom is -0.511 e. The fraction of sp³-hybridized carbons (Fsp3) is 0.167. The molecule has 0 aliphatic rings. The lowest BCUT2D eigenvalue weighted by atomic mass is 10.0. The van der Waals surface area contributed by atoms with E-state index in [1.165, 1.54) is 6.92 Å². The van der Waals surface area contributed by atoms with Gasteiger partial charge in [0, 0.05) is 16.5 Å². The van der Waals surface area contributed by atoms with Gasteiger partial charge < -0.3 is 5.11 Å². The number of nitriles is 1. The molecule has 0 bridgehead atoms. The number of hydrogen-bond acceptors (Lipinski definition) is 3. The van der Waals surface area contributed by atoms with E-state index in [4.69, 9.17) is 33.6 Å². The lowest BCUT2D eigenvalue weighted by Gasteiger charge is -2.05. The molecule has 0 atom stereocenters. The maximum atomic E-state index is 11.7. The summed E-state index contributed by atoms with van der Waals surface area (Å²) in [6.07, 6.45) is -0.112. The summed E-state index contributed by atoms with van der Waals surface area (Å²) in [5.74, 6) is -0.817. The molecule has 17 heavy (non-hydrogen) atoms. The van der Waals surface area contributed by atoms with Gasteiger partial charge in [0.15, 0.2) is 5.78 Å². The summed E-state index contributed by atoms with van der Waals surface area (Å²) >= 11 is 11.8. The van der Waals surface area contributed by atoms with Gasteiger partial charge in [0.05, 0.1) is 0 Å². The Kier molecular flexibility index (Phi) is 4.56. The molecule has 1 aromatic rings. The van der Waals surface area contributed by atoms with Crippen LogP contribution in [0.4, 0.5) is 0 Å². The molecule has 0 unspecified atom stereocenters. The summed E-state index contributed by atoms with van der Waals surface area (Å²) < 4.78 is 0. The van der Waals surface area contributed by atoms with Crippen molar-refractivity contribution in [1.29, 1.82) is 5.26 Å². The van der Waals surface area contributed by atoms with Crippen molar-refractivity contribution in [3.63, 3.8) is 0 Å². The number of benzene rings is 1. The first-order chi connectivity index (χ1) is 7.97. The molecule has 88 valence electrons. The smallest absolute Gasteiger partial charge is 0.181 e. The Balaban J connectivity index is 3.05. The zero-order valence-electron chi connectivity index (χ0n) is 9.00. The first-order valence-corrected chi connectivity index (χ1v) is 5.49. The van der Waals surface area contributed by atoms with E-state index in [9.17, 15) is 4.79 Å². The molecule has 0 saturated carbocycles. The Hall–Kier alpha value is -1.50. The third-order valence-corrected chi connectivity index (χ3v) is 2.86. The molecule has 0 saturated heterocycles. The van der Waals surface area contributed by atoms with Gasteiger partial charge in [0.1, 0.15) is 17.4 Å². The van der Waals surface area contributed by atoms with E-state index in [2.05, 4.69) is 0 Å². The molecule has 0 spiro atoms. The molecule has 0 amide bonds. The van der Waals surface area contributed by atoms with E-state index in [0.29, 0.717) is 15.6 Å². The highest BCUT2D eigenvalue weighted by molar-refractivity contribution is 6.36. The first kappa shape index (κ1) is 13.6. The lowest BCUT2D eigenvalue weighted by Crippen LogP contribution is -2.08. The fourth-order valence-electron chi connectivity index (χ4n) is 1.30. The van der Waals surface area contributed by atoms with Gasteiger partial charge >= 0.3 is 0 Å². The summed E-state index contributed by atoms with van der Waals surface area (Å²) in [6.45, 7) is 1.28. The van der Waals surface area contributed by atoms with Crippen molar-refractivity contribution < 1.29 is 9.90 Å². The van der Waals surface area contributed by atoms with E-state index in [-0.39, 0.29) is 17.8 Å². The lowest BCUT2D eigenvalue weighted by molar-refractivity contribution is -0.114. The topological polar surface area (TPSA) is 61.1 Å². The number of aliphatic hydroxyl groups is 1. The average molecular weight is 270 g/mol. The van der Waals surface area contributed by atoms with Gasteiger partial charge in [-0.1, -0.05) is 29.3 Å². The molecular weight excluding hydrogens is 261 g/mol. The van der Waals surface area contributed by atoms with Crippen LogP contribution in [-0.2, 0) is 11.2 Å². The number of aliphatic hydroxyl groups excluding tert-OH is 1. The molecule has 0 aliphatic heterocycles. The van der Waals surface area contributed by atoms with Gasteiger partial charge in [-0.3, -0.25) is 4.79 Å². The van der Waals surface area contributed by atoms with Crippen molar-refractivity contribution in [2.24, 2.45) is 0 Å². The number of carbonyl (C=O) groups is 1. The second-order valence-electron chi connectivity index (χ2n) is 3.37. The third kappa shape index (κ3) is 3.23. The van der Waals surface area contributed by atoms with Crippen LogP contribution in [0.2, 0.25) is 10.0 Å². The van der Waals surface area contributed by atoms with Crippen molar-refractivity contribution in [3.05, 3.63) is 45.1 Å². The normalized spacial score (nSPS) is 11.6. The molecular formula is C12H9Cl2NO2. The highest BCUT2D eigenvalue weighted by Gasteiger charge is 2.16. The van der Waals surface area contributed by atoms with Crippen LogP contribution >= 0.6 is 23.2 Å². The predicted molar refractivity (Wildman–Crippen MR) is 66.1 cm³/mol. The molecule has 1 rings (SSSR count). The van der Waals surface area contributed by atoms with Crippen molar-refractivity contribution in [3.8, 4) is 6.07 Å². The highest BCUT2D eigenvalue weighted by atomic mass is 35.5. The van der Waals surface area contributed by atoms with E-state index in [1.807, 2.05) is 0 Å². The van der Waals surface area contributed by atoms with Crippen LogP contribution in [0, 0.1) is 11.3 Å². The van der Waals surface area contributed by atoms with Gasteiger partial charge in [-0.15, -0.1) is 0 Å². The van der Waals surface area contributed by atoms with E-state index in [1.54, 1.807) is 24.3 Å². The van der Waals surface area contributed by atoms with Crippen molar-refractivity contribution in [2.45, 2.75) is 13.3 Å². The Morgan fingerprint density at radius 1 is 1.41 bits per heavy atom. The summed E-state index contributed by atoms with van der Waals surface area (Å²) in [4.78, 5) is 11.7. The molecule has 3 nitrogen and oxygen atoms in total. The Bertz CT molecular complexity index is 506. The number of ketones is 1. The van der Waals surface area contributed by atoms with Gasteiger partial charge in [0.25, 0.3) is 0 Å². The van der Waals surface area contributed by atoms with Gasteiger partial charge in [-0.2, -0.15) is 5.26 Å². The second-order valence-corrected chi connectivity index (χ2v) is 4.19. The number of carbonyl (C=O) groups excluding carboxylic acids is 1. The molecule has 0 aromatic heterocycles. The minimum absolute atomic E-state index is 0.112. The Morgan fingerprint density at radius 3 is 2.35 bits per heavy atom. The SMILES string of the molecule is C/C(O)=C(\C#N)C(=O)Cc1c(Cl)cccc1Cl. The van der Waals surface area contributed by atoms with E-state index < -0.39 is 5.78 Å². The van der Waals surface area contributed by atoms with Crippen molar-refractivity contribution >= 4 is 29.0 Å². The number of Topliss-reactive ketones (excluding diaryl/α,β-unsaturated/α-hetero) is 1. The Morgan fingerprint density at radius 2 is 1.94 bits per heavy atom. The fourth-order valence-corrected chi connectivity index (χ4v) is 1.83. The number of allylic oxidation sites excluding steroid dienone is 2. The number of nitrogens with zero attached hydrogens (tertiary/aromatic N) is 1. The molecule has 5 heteroatoms. The van der Waals surface area contributed by atoms with Crippen LogP contribution in [-0.4, -0.2) is 10.9 Å². The summed E-state index contributed by atoms with van der Waals surface area (Å²) in [5.41, 5.74) is 0.177. The Labute approximate surface area is 109 Å². The molecule has 0 radical (unpaired) electrons. The van der Waals surface area contributed by atoms with Crippen molar-refractivity contribution in [2.75, 3.05) is 0 Å². The summed E-state index contributed by atoms with van der Waals surface area (Å²) in [7, 11) is 0. The third-order valence-electron chi connectivity index (χ3n) is 2.15. The van der Waals surface area contributed by atoms with Gasteiger partial charge in [-0.25, -0.2) is 0 Å². The van der Waals surface area contributed by atoms with Gasteiger partial charge in [0.2, 0.25) is 0 Å². The number of hydrogen-bond donors (Lipinski definition) is 1. The largest absolute Gasteiger partial charge is 0.511 e. The van der Waals surface area contributed by atoms with Gasteiger partial charge in [-0.05, 0) is 24.6 Å². The minimum atomic E-state index is -0.512. The van der Waals surface area contributed by atoms with Crippen LogP contribution in [0.25, 0.3) is 0 Å². The van der Waals surface area contributed by atoms with E-state index >= 15 is 0 Å². The monoisotopic (exact) mass is 269 g/mol. The van der Waals surface area contributed by atoms with Crippen LogP contribution in [0.3, 0.4) is 0 Å². The number of rotatable bonds is 3. The second kappa shape index (κ2) is 5.72. The summed E-state index contributed by atoms with van der Waals surface area (Å²) in [6, 6.07) is 6.54. The first-order valence-electron chi connectivity index (χ1n) is 4.73. The van der Waals surface area contributed by atoms with E-state index in [0.717, 1.165) is 0 Å². The highest BCUT2D eigenvalue weighted by Crippen LogP contribution is 2.25. The van der Waals surface area contributed by atoms with Crippen LogP contribution in [0.5, 0.6) is 0 Å². The zero-order chi connectivity index (χ0) is 13.0.